The highest BCUT2D eigenvalue weighted by Crippen LogP contribution is 2.29. The van der Waals surface area contributed by atoms with Crippen molar-refractivity contribution in [2.45, 2.75) is 13.5 Å². The van der Waals surface area contributed by atoms with Gasteiger partial charge in [0.05, 0.1) is 10.6 Å². The second-order valence-corrected chi connectivity index (χ2v) is 3.54. The van der Waals surface area contributed by atoms with Gasteiger partial charge in [-0.2, -0.15) is 0 Å². The Kier molecular flexibility index (Phi) is 2.73. The van der Waals surface area contributed by atoms with E-state index in [2.05, 4.69) is 4.98 Å². The minimum atomic E-state index is -0.344. The average molecular weight is 225 g/mol. The van der Waals surface area contributed by atoms with E-state index in [4.69, 9.17) is 11.6 Å². The van der Waals surface area contributed by atoms with E-state index in [0.29, 0.717) is 16.4 Å². The lowest BCUT2D eigenvalue weighted by Crippen LogP contribution is -1.98. The molecule has 15 heavy (non-hydrogen) atoms. The van der Waals surface area contributed by atoms with Crippen LogP contribution in [-0.4, -0.2) is 9.55 Å². The van der Waals surface area contributed by atoms with Crippen molar-refractivity contribution in [3.05, 3.63) is 41.4 Å². The van der Waals surface area contributed by atoms with E-state index < -0.39 is 0 Å². The minimum absolute atomic E-state index is 0.344. The van der Waals surface area contributed by atoms with Gasteiger partial charge in [0.25, 0.3) is 0 Å². The summed E-state index contributed by atoms with van der Waals surface area (Å²) in [4.78, 5) is 4.12. The summed E-state index contributed by atoms with van der Waals surface area (Å²) in [7, 11) is 0. The molecule has 2 nitrogen and oxygen atoms in total. The summed E-state index contributed by atoms with van der Waals surface area (Å²) in [5.41, 5.74) is 0.367. The predicted octanol–water partition coefficient (Wildman–Crippen LogP) is 3.36. The molecule has 0 spiro atoms. The standard InChI is InChI=1S/C11H10ClFN2/c1-2-15-7-6-14-11(15)10-8(12)4-3-5-9(10)13/h3-7H,2H2,1H3. The van der Waals surface area contributed by atoms with Gasteiger partial charge in [-0.05, 0) is 19.1 Å². The van der Waals surface area contributed by atoms with Crippen molar-refractivity contribution < 1.29 is 4.39 Å². The summed E-state index contributed by atoms with van der Waals surface area (Å²) in [6, 6.07) is 4.63. The van der Waals surface area contributed by atoms with E-state index in [1.807, 2.05) is 11.5 Å². The van der Waals surface area contributed by atoms with Gasteiger partial charge in [0.2, 0.25) is 0 Å². The van der Waals surface area contributed by atoms with Gasteiger partial charge in [0.15, 0.2) is 0 Å². The van der Waals surface area contributed by atoms with Crippen molar-refractivity contribution in [1.82, 2.24) is 9.55 Å². The molecule has 0 saturated heterocycles. The highest BCUT2D eigenvalue weighted by atomic mass is 35.5. The summed E-state index contributed by atoms with van der Waals surface area (Å²) in [5.74, 6) is 0.226. The van der Waals surface area contributed by atoms with Crippen LogP contribution in [0.1, 0.15) is 6.92 Å². The maximum absolute atomic E-state index is 13.6. The summed E-state index contributed by atoms with van der Waals surface area (Å²) < 4.78 is 15.4. The third kappa shape index (κ3) is 1.75. The number of hydrogen-bond acceptors (Lipinski definition) is 1. The highest BCUT2D eigenvalue weighted by Gasteiger charge is 2.13. The molecule has 78 valence electrons. The number of nitrogens with zero attached hydrogens (tertiary/aromatic N) is 2. The minimum Gasteiger partial charge on any atom is -0.331 e. The summed E-state index contributed by atoms with van der Waals surface area (Å²) >= 11 is 5.96. The Morgan fingerprint density at radius 1 is 1.47 bits per heavy atom. The fraction of sp³-hybridized carbons (Fsp3) is 0.182. The topological polar surface area (TPSA) is 17.8 Å². The van der Waals surface area contributed by atoms with Crippen LogP contribution in [0.5, 0.6) is 0 Å². The van der Waals surface area contributed by atoms with Crippen LogP contribution in [0.4, 0.5) is 4.39 Å². The number of hydrogen-bond donors (Lipinski definition) is 0. The first-order chi connectivity index (χ1) is 7.24. The lowest BCUT2D eigenvalue weighted by molar-refractivity contribution is 0.627. The van der Waals surface area contributed by atoms with Crippen molar-refractivity contribution in [3.8, 4) is 11.4 Å². The van der Waals surface area contributed by atoms with Crippen LogP contribution in [-0.2, 0) is 6.54 Å². The summed E-state index contributed by atoms with van der Waals surface area (Å²) in [5, 5.41) is 0.385. The predicted molar refractivity (Wildman–Crippen MR) is 58.3 cm³/mol. The number of aromatic nitrogens is 2. The quantitative estimate of drug-likeness (QED) is 0.765. The largest absolute Gasteiger partial charge is 0.331 e. The van der Waals surface area contributed by atoms with Crippen LogP contribution in [0.25, 0.3) is 11.4 Å². The molecule has 0 N–H and O–H groups in total. The molecule has 0 amide bonds. The average Bonchev–Trinajstić information content (AvgIpc) is 2.65. The number of benzene rings is 1. The molecule has 0 radical (unpaired) electrons. The fourth-order valence-electron chi connectivity index (χ4n) is 1.50. The first kappa shape index (κ1) is 10.2. The molecule has 0 aliphatic rings. The molecular formula is C11H10ClFN2. The monoisotopic (exact) mass is 224 g/mol. The molecule has 2 rings (SSSR count). The summed E-state index contributed by atoms with van der Waals surface area (Å²) in [6.45, 7) is 2.71. The molecule has 0 fully saturated rings. The van der Waals surface area contributed by atoms with Crippen LogP contribution in [0, 0.1) is 5.82 Å². The molecule has 0 atom stereocenters. The van der Waals surface area contributed by atoms with Crippen LogP contribution in [0.2, 0.25) is 5.02 Å². The van der Waals surface area contributed by atoms with E-state index in [0.717, 1.165) is 6.54 Å². The van der Waals surface area contributed by atoms with Crippen molar-refractivity contribution >= 4 is 11.6 Å². The molecule has 1 heterocycles. The molecule has 1 aromatic carbocycles. The summed E-state index contributed by atoms with van der Waals surface area (Å²) in [6.07, 6.45) is 3.44. The number of rotatable bonds is 2. The Balaban J connectivity index is 2.63. The van der Waals surface area contributed by atoms with Gasteiger partial charge < -0.3 is 4.57 Å². The number of aryl methyl sites for hydroxylation is 1. The molecule has 0 unspecified atom stereocenters. The van der Waals surface area contributed by atoms with Crippen molar-refractivity contribution in [2.75, 3.05) is 0 Å². The smallest absolute Gasteiger partial charge is 0.144 e. The zero-order valence-electron chi connectivity index (χ0n) is 8.24. The van der Waals surface area contributed by atoms with Gasteiger partial charge in [0, 0.05) is 18.9 Å². The van der Waals surface area contributed by atoms with Gasteiger partial charge in [-0.1, -0.05) is 17.7 Å². The lowest BCUT2D eigenvalue weighted by atomic mass is 10.2. The van der Waals surface area contributed by atoms with Gasteiger partial charge in [-0.15, -0.1) is 0 Å². The van der Waals surface area contributed by atoms with Crippen LogP contribution in [0.3, 0.4) is 0 Å². The molecule has 0 aliphatic heterocycles. The van der Waals surface area contributed by atoms with E-state index in [1.54, 1.807) is 24.5 Å². The van der Waals surface area contributed by atoms with Gasteiger partial charge >= 0.3 is 0 Å². The third-order valence-corrected chi connectivity index (χ3v) is 2.56. The van der Waals surface area contributed by atoms with E-state index in [-0.39, 0.29) is 5.82 Å². The van der Waals surface area contributed by atoms with Crippen molar-refractivity contribution in [2.24, 2.45) is 0 Å². The molecule has 2 aromatic rings. The number of halogens is 2. The Labute approximate surface area is 92.3 Å². The first-order valence-electron chi connectivity index (χ1n) is 4.69. The van der Waals surface area contributed by atoms with Gasteiger partial charge in [-0.3, -0.25) is 0 Å². The van der Waals surface area contributed by atoms with Crippen molar-refractivity contribution in [1.29, 1.82) is 0 Å². The van der Waals surface area contributed by atoms with Crippen LogP contribution < -0.4 is 0 Å². The van der Waals surface area contributed by atoms with Gasteiger partial charge in [0.1, 0.15) is 11.6 Å². The molecule has 0 aliphatic carbocycles. The van der Waals surface area contributed by atoms with E-state index >= 15 is 0 Å². The lowest BCUT2D eigenvalue weighted by Gasteiger charge is -2.07. The second-order valence-electron chi connectivity index (χ2n) is 3.13. The van der Waals surface area contributed by atoms with E-state index in [1.165, 1.54) is 6.07 Å². The highest BCUT2D eigenvalue weighted by molar-refractivity contribution is 6.33. The molecule has 1 aromatic heterocycles. The molecule has 4 heteroatoms. The third-order valence-electron chi connectivity index (χ3n) is 2.24. The molecular weight excluding hydrogens is 215 g/mol. The zero-order valence-corrected chi connectivity index (χ0v) is 9.00. The molecule has 0 bridgehead atoms. The SMILES string of the molecule is CCn1ccnc1-c1c(F)cccc1Cl. The number of imidazole rings is 1. The molecule has 0 saturated carbocycles. The second kappa shape index (κ2) is 4.03. The van der Waals surface area contributed by atoms with Crippen LogP contribution in [0.15, 0.2) is 30.6 Å². The Morgan fingerprint density at radius 2 is 2.27 bits per heavy atom. The van der Waals surface area contributed by atoms with Gasteiger partial charge in [-0.25, -0.2) is 9.37 Å². The van der Waals surface area contributed by atoms with Crippen molar-refractivity contribution in [3.63, 3.8) is 0 Å². The maximum Gasteiger partial charge on any atom is 0.144 e. The normalized spacial score (nSPS) is 10.6. The zero-order chi connectivity index (χ0) is 10.8. The maximum atomic E-state index is 13.6. The Hall–Kier alpha value is -1.35. The Bertz CT molecular complexity index is 459. The fourth-order valence-corrected chi connectivity index (χ4v) is 1.75. The van der Waals surface area contributed by atoms with Crippen LogP contribution >= 0.6 is 11.6 Å². The Morgan fingerprint density at radius 3 is 2.93 bits per heavy atom. The van der Waals surface area contributed by atoms with E-state index in [9.17, 15) is 4.39 Å². The first-order valence-corrected chi connectivity index (χ1v) is 5.07.